The van der Waals surface area contributed by atoms with Gasteiger partial charge in [0.2, 0.25) is 0 Å². The number of hydrogen-bond donors (Lipinski definition) is 2. The minimum Gasteiger partial charge on any atom is -0.296 e. The minimum atomic E-state index is -0.653. The van der Waals surface area contributed by atoms with E-state index in [2.05, 4.69) is 18.7 Å². The molecule has 1 aromatic carbocycles. The van der Waals surface area contributed by atoms with E-state index in [0.717, 1.165) is 41.8 Å². The highest BCUT2D eigenvalue weighted by Crippen LogP contribution is 2.56. The summed E-state index contributed by atoms with van der Waals surface area (Å²) in [6.07, 6.45) is 8.37. The van der Waals surface area contributed by atoms with Gasteiger partial charge in [-0.05, 0) is 98.8 Å². The number of nitrogens with zero attached hydrogens (tertiary/aromatic N) is 1. The summed E-state index contributed by atoms with van der Waals surface area (Å²) in [5.74, 6) is 2.30. The maximum Gasteiger partial charge on any atom is 0.274 e. The molecule has 4 unspecified atom stereocenters. The van der Waals surface area contributed by atoms with Crippen LogP contribution in [0.15, 0.2) is 23.3 Å². The van der Waals surface area contributed by atoms with Gasteiger partial charge in [-0.1, -0.05) is 18.1 Å². The summed E-state index contributed by atoms with van der Waals surface area (Å²) in [4.78, 5) is 14.4. The van der Waals surface area contributed by atoms with Crippen LogP contribution in [0, 0.1) is 29.5 Å². The van der Waals surface area contributed by atoms with E-state index >= 15 is 0 Å². The molecule has 30 heavy (non-hydrogen) atoms. The number of halogens is 1. The molecule has 2 fully saturated rings. The van der Waals surface area contributed by atoms with E-state index in [9.17, 15) is 9.18 Å². The van der Waals surface area contributed by atoms with Gasteiger partial charge in [0.05, 0.1) is 0 Å². The highest BCUT2D eigenvalue weighted by atomic mass is 19.1. The van der Waals surface area contributed by atoms with Crippen LogP contribution in [0.1, 0.15) is 73.9 Å². The van der Waals surface area contributed by atoms with Gasteiger partial charge in [-0.3, -0.25) is 14.9 Å². The van der Waals surface area contributed by atoms with Crippen LogP contribution in [-0.2, 0) is 13.0 Å². The molecule has 1 aliphatic heterocycles. The predicted molar refractivity (Wildman–Crippen MR) is 114 cm³/mol. The van der Waals surface area contributed by atoms with Gasteiger partial charge in [0, 0.05) is 24.7 Å². The van der Waals surface area contributed by atoms with E-state index in [1.807, 2.05) is 0 Å². The molecule has 1 aromatic rings. The molecule has 5 atom stereocenters. The number of allylic oxidation sites excluding steroid dienone is 2. The Morgan fingerprint density at radius 2 is 2.10 bits per heavy atom. The second-order valence-electron chi connectivity index (χ2n) is 10.1. The molecule has 3 aliphatic carbocycles. The fourth-order valence-electron chi connectivity index (χ4n) is 6.31. The molecule has 0 aromatic heterocycles. The molecule has 4 nitrogen and oxygen atoms in total. The molecule has 162 valence electrons. The highest BCUT2D eigenvalue weighted by molar-refractivity contribution is 5.93. The molecule has 2 saturated carbocycles. The summed E-state index contributed by atoms with van der Waals surface area (Å²) in [7, 11) is 0. The lowest BCUT2D eigenvalue weighted by Crippen LogP contribution is -2.43. The second kappa shape index (κ2) is 7.76. The molecule has 0 bridgehead atoms. The van der Waals surface area contributed by atoms with Crippen molar-refractivity contribution in [3.8, 4) is 0 Å². The van der Waals surface area contributed by atoms with E-state index in [4.69, 9.17) is 5.21 Å². The molecular weight excluding hydrogens is 379 g/mol. The number of hydrogen-bond acceptors (Lipinski definition) is 3. The van der Waals surface area contributed by atoms with Crippen molar-refractivity contribution in [2.45, 2.75) is 71.4 Å². The van der Waals surface area contributed by atoms with Gasteiger partial charge in [-0.15, -0.1) is 0 Å². The van der Waals surface area contributed by atoms with Crippen molar-refractivity contribution < 1.29 is 14.4 Å². The number of nitrogens with one attached hydrogen (secondary N) is 1. The molecule has 0 spiro atoms. The van der Waals surface area contributed by atoms with Crippen LogP contribution in [0.5, 0.6) is 0 Å². The topological polar surface area (TPSA) is 52.6 Å². The van der Waals surface area contributed by atoms with Crippen LogP contribution in [0.2, 0.25) is 0 Å². The summed E-state index contributed by atoms with van der Waals surface area (Å²) in [6, 6.07) is 3.36. The van der Waals surface area contributed by atoms with Crippen LogP contribution in [0.4, 0.5) is 4.39 Å². The summed E-state index contributed by atoms with van der Waals surface area (Å²) < 4.78 is 14.7. The quantitative estimate of drug-likeness (QED) is 0.422. The van der Waals surface area contributed by atoms with Crippen molar-refractivity contribution in [2.75, 3.05) is 6.54 Å². The number of fused-ring (bicyclic) bond motifs is 3. The molecule has 5 rings (SSSR count). The summed E-state index contributed by atoms with van der Waals surface area (Å²) >= 11 is 0. The zero-order valence-corrected chi connectivity index (χ0v) is 18.1. The third-order valence-electron chi connectivity index (χ3n) is 8.29. The number of rotatable bonds is 4. The maximum absolute atomic E-state index is 14.7. The Morgan fingerprint density at radius 1 is 1.27 bits per heavy atom. The molecule has 1 amide bonds. The van der Waals surface area contributed by atoms with Crippen LogP contribution >= 0.6 is 0 Å². The number of hydroxylamine groups is 1. The van der Waals surface area contributed by atoms with Gasteiger partial charge in [-0.25, -0.2) is 9.87 Å². The first-order valence-electron chi connectivity index (χ1n) is 11.7. The first-order valence-corrected chi connectivity index (χ1v) is 11.7. The number of carbonyl (C=O) groups is 1. The molecule has 2 N–H and O–H groups in total. The van der Waals surface area contributed by atoms with Gasteiger partial charge in [0.15, 0.2) is 0 Å². The van der Waals surface area contributed by atoms with Gasteiger partial charge in [0.1, 0.15) is 5.82 Å². The zero-order valence-electron chi connectivity index (χ0n) is 18.1. The van der Waals surface area contributed by atoms with Gasteiger partial charge < -0.3 is 0 Å². The van der Waals surface area contributed by atoms with Crippen LogP contribution in [0.25, 0.3) is 0 Å². The van der Waals surface area contributed by atoms with Gasteiger partial charge >= 0.3 is 0 Å². The Labute approximate surface area is 178 Å². The third kappa shape index (κ3) is 3.71. The largest absolute Gasteiger partial charge is 0.296 e. The average Bonchev–Trinajstić information content (AvgIpc) is 3.66. The van der Waals surface area contributed by atoms with Gasteiger partial charge in [0.25, 0.3) is 5.91 Å². The van der Waals surface area contributed by atoms with Crippen LogP contribution < -0.4 is 5.48 Å². The Morgan fingerprint density at radius 3 is 2.87 bits per heavy atom. The lowest BCUT2D eigenvalue weighted by Gasteiger charge is -2.39. The third-order valence-corrected chi connectivity index (χ3v) is 8.29. The Bertz CT molecular complexity index is 895. The maximum atomic E-state index is 14.7. The lowest BCUT2D eigenvalue weighted by atomic mass is 9.88. The van der Waals surface area contributed by atoms with E-state index in [-0.39, 0.29) is 11.4 Å². The molecule has 1 heterocycles. The first kappa shape index (κ1) is 20.2. The van der Waals surface area contributed by atoms with Crippen molar-refractivity contribution in [3.63, 3.8) is 0 Å². The Balaban J connectivity index is 1.33. The normalized spacial score (nSPS) is 35.3. The van der Waals surface area contributed by atoms with E-state index in [0.29, 0.717) is 24.9 Å². The number of benzene rings is 1. The standard InChI is InChI=1S/C25H33FN2O2/c1-3-20-11-23-19(7-18(10-24(23)26)25(29)27-30)13-28(20)12-15-4-5-16-8-21(16)14(2)22-9-17(22)6-15/h7,10,15-17,20,22,30H,3-6,8-9,11-13H2,1-2H3,(H,27,29)/b21-14-/t15?,16?,17?,20-,22?/m0/s1. The van der Waals surface area contributed by atoms with Crippen molar-refractivity contribution in [3.05, 3.63) is 45.8 Å². The monoisotopic (exact) mass is 412 g/mol. The minimum absolute atomic E-state index is 0.190. The van der Waals surface area contributed by atoms with Crippen molar-refractivity contribution in [1.82, 2.24) is 10.4 Å². The average molecular weight is 413 g/mol. The van der Waals surface area contributed by atoms with Gasteiger partial charge in [-0.2, -0.15) is 0 Å². The first-order chi connectivity index (χ1) is 14.5. The number of carbonyl (C=O) groups excluding carboxylic acids is 1. The smallest absolute Gasteiger partial charge is 0.274 e. The molecule has 0 saturated heterocycles. The summed E-state index contributed by atoms with van der Waals surface area (Å²) in [6.45, 7) is 6.33. The Kier molecular flexibility index (Phi) is 5.22. The van der Waals surface area contributed by atoms with Crippen LogP contribution in [0.3, 0.4) is 0 Å². The van der Waals surface area contributed by atoms with E-state index in [1.165, 1.54) is 38.2 Å². The SMILES string of the molecule is CC[C@H]1Cc2c(F)cc(C(=O)NO)cc2CN1CC1CCC2C/C2=C(\C)C2CC2C1. The number of amides is 1. The summed E-state index contributed by atoms with van der Waals surface area (Å²) in [5, 5.41) is 8.94. The van der Waals surface area contributed by atoms with Crippen molar-refractivity contribution >= 4 is 5.91 Å². The molecule has 0 radical (unpaired) electrons. The second-order valence-corrected chi connectivity index (χ2v) is 10.1. The lowest BCUT2D eigenvalue weighted by molar-refractivity contribution is 0.0705. The zero-order chi connectivity index (χ0) is 21.0. The highest BCUT2D eigenvalue weighted by Gasteiger charge is 2.45. The fourth-order valence-corrected chi connectivity index (χ4v) is 6.31. The van der Waals surface area contributed by atoms with Crippen LogP contribution in [-0.4, -0.2) is 28.6 Å². The fraction of sp³-hybridized carbons (Fsp3) is 0.640. The van der Waals surface area contributed by atoms with Crippen molar-refractivity contribution in [2.24, 2.45) is 23.7 Å². The molecular formula is C25H33FN2O2. The predicted octanol–water partition coefficient (Wildman–Crippen LogP) is 4.85. The molecule has 5 heteroatoms. The van der Waals surface area contributed by atoms with Crippen molar-refractivity contribution in [1.29, 1.82) is 0 Å². The Hall–Kier alpha value is -1.72. The summed E-state index contributed by atoms with van der Waals surface area (Å²) in [5.41, 5.74) is 6.94. The van der Waals surface area contributed by atoms with E-state index < -0.39 is 5.91 Å². The van der Waals surface area contributed by atoms with E-state index in [1.54, 1.807) is 22.7 Å². The molecule has 4 aliphatic rings.